The molecule has 1 aromatic carbocycles. The molecule has 0 bridgehead atoms. The van der Waals surface area contributed by atoms with Gasteiger partial charge in [-0.05, 0) is 19.2 Å². The van der Waals surface area contributed by atoms with Crippen LogP contribution in [-0.2, 0) is 0 Å². The molecule has 94 valence electrons. The van der Waals surface area contributed by atoms with Gasteiger partial charge in [-0.15, -0.1) is 0 Å². The van der Waals surface area contributed by atoms with E-state index in [4.69, 9.17) is 0 Å². The number of nitrogens with zero attached hydrogens (tertiary/aromatic N) is 1. The maximum atomic E-state index is 12.8. The van der Waals surface area contributed by atoms with Gasteiger partial charge >= 0.3 is 0 Å². The average Bonchev–Trinajstić information content (AvgIpc) is 2.25. The van der Waals surface area contributed by atoms with Gasteiger partial charge in [-0.25, -0.2) is 13.2 Å². The quantitative estimate of drug-likeness (QED) is 0.718. The molecular formula is C12H14F3NO. The van der Waals surface area contributed by atoms with Gasteiger partial charge in [0.05, 0.1) is 6.54 Å². The molecule has 0 aliphatic heterocycles. The fourth-order valence-electron chi connectivity index (χ4n) is 1.43. The highest BCUT2D eigenvalue weighted by Crippen LogP contribution is 2.07. The number of hydrogen-bond acceptors (Lipinski definition) is 2. The van der Waals surface area contributed by atoms with E-state index >= 15 is 0 Å². The minimum absolute atomic E-state index is 0.104. The van der Waals surface area contributed by atoms with Gasteiger partial charge in [0.15, 0.2) is 5.78 Å². The molecule has 0 N–H and O–H groups in total. The topological polar surface area (TPSA) is 20.3 Å². The first-order valence-electron chi connectivity index (χ1n) is 5.24. The molecule has 0 saturated heterocycles. The second-order valence-corrected chi connectivity index (χ2v) is 3.84. The Hall–Kier alpha value is -1.36. The first-order chi connectivity index (χ1) is 7.99. The summed E-state index contributed by atoms with van der Waals surface area (Å²) in [5, 5.41) is 0. The van der Waals surface area contributed by atoms with Gasteiger partial charge in [0, 0.05) is 18.5 Å². The Kier molecular flexibility index (Phi) is 5.15. The standard InChI is InChI=1S/C12H14F3NO/c1-16(8-12(14)15)6-5-11(17)9-3-2-4-10(13)7-9/h2-4,7,12H,5-6,8H2,1H3. The third-order valence-electron chi connectivity index (χ3n) is 2.32. The largest absolute Gasteiger partial charge is 0.300 e. The van der Waals surface area contributed by atoms with E-state index in [1.54, 1.807) is 0 Å². The lowest BCUT2D eigenvalue weighted by molar-refractivity contribution is 0.0881. The Morgan fingerprint density at radius 1 is 1.41 bits per heavy atom. The second kappa shape index (κ2) is 6.39. The predicted octanol–water partition coefficient (Wildman–Crippen LogP) is 2.60. The molecule has 17 heavy (non-hydrogen) atoms. The van der Waals surface area contributed by atoms with Crippen LogP contribution in [0.4, 0.5) is 13.2 Å². The maximum Gasteiger partial charge on any atom is 0.251 e. The van der Waals surface area contributed by atoms with Crippen molar-refractivity contribution in [2.75, 3.05) is 20.1 Å². The van der Waals surface area contributed by atoms with E-state index in [2.05, 4.69) is 0 Å². The molecule has 0 spiro atoms. The molecule has 0 radical (unpaired) electrons. The van der Waals surface area contributed by atoms with Crippen LogP contribution >= 0.6 is 0 Å². The summed E-state index contributed by atoms with van der Waals surface area (Å²) in [6.07, 6.45) is -2.31. The van der Waals surface area contributed by atoms with E-state index in [1.165, 1.54) is 30.1 Å². The van der Waals surface area contributed by atoms with Gasteiger partial charge in [0.1, 0.15) is 5.82 Å². The summed E-state index contributed by atoms with van der Waals surface area (Å²) >= 11 is 0. The number of Topliss-reactive ketones (excluding diaryl/α,β-unsaturated/α-hetero) is 1. The highest BCUT2D eigenvalue weighted by Gasteiger charge is 2.11. The number of alkyl halides is 2. The molecule has 0 aromatic heterocycles. The van der Waals surface area contributed by atoms with Crippen LogP contribution in [0.1, 0.15) is 16.8 Å². The van der Waals surface area contributed by atoms with Crippen molar-refractivity contribution in [1.82, 2.24) is 4.90 Å². The van der Waals surface area contributed by atoms with E-state index in [9.17, 15) is 18.0 Å². The Labute approximate surface area is 98.0 Å². The Balaban J connectivity index is 2.45. The van der Waals surface area contributed by atoms with Crippen molar-refractivity contribution in [2.24, 2.45) is 0 Å². The first-order valence-corrected chi connectivity index (χ1v) is 5.24. The van der Waals surface area contributed by atoms with Crippen molar-refractivity contribution in [2.45, 2.75) is 12.8 Å². The van der Waals surface area contributed by atoms with Gasteiger partial charge in [-0.2, -0.15) is 0 Å². The third kappa shape index (κ3) is 4.99. The van der Waals surface area contributed by atoms with Crippen LogP contribution in [0.3, 0.4) is 0 Å². The Morgan fingerprint density at radius 2 is 2.12 bits per heavy atom. The van der Waals surface area contributed by atoms with Crippen molar-refractivity contribution in [3.05, 3.63) is 35.6 Å². The van der Waals surface area contributed by atoms with Gasteiger partial charge in [0.25, 0.3) is 6.43 Å². The van der Waals surface area contributed by atoms with E-state index in [0.29, 0.717) is 0 Å². The second-order valence-electron chi connectivity index (χ2n) is 3.84. The van der Waals surface area contributed by atoms with Gasteiger partial charge in [-0.1, -0.05) is 12.1 Å². The van der Waals surface area contributed by atoms with Crippen LogP contribution in [0, 0.1) is 5.82 Å². The summed E-state index contributed by atoms with van der Waals surface area (Å²) in [4.78, 5) is 13.0. The number of rotatable bonds is 6. The summed E-state index contributed by atoms with van der Waals surface area (Å²) in [5.74, 6) is -0.720. The highest BCUT2D eigenvalue weighted by atomic mass is 19.3. The molecule has 2 nitrogen and oxygen atoms in total. The molecule has 0 amide bonds. The number of benzene rings is 1. The average molecular weight is 245 g/mol. The number of hydrogen-bond donors (Lipinski definition) is 0. The minimum Gasteiger partial charge on any atom is -0.300 e. The third-order valence-corrected chi connectivity index (χ3v) is 2.32. The van der Waals surface area contributed by atoms with E-state index in [0.717, 1.165) is 6.07 Å². The SMILES string of the molecule is CN(CCC(=O)c1cccc(F)c1)CC(F)F. The molecule has 0 unspecified atom stereocenters. The van der Waals surface area contributed by atoms with Crippen molar-refractivity contribution >= 4 is 5.78 Å². The lowest BCUT2D eigenvalue weighted by Gasteiger charge is -2.14. The zero-order chi connectivity index (χ0) is 12.8. The zero-order valence-corrected chi connectivity index (χ0v) is 9.50. The first kappa shape index (κ1) is 13.7. The lowest BCUT2D eigenvalue weighted by Crippen LogP contribution is -2.27. The summed E-state index contributed by atoms with van der Waals surface area (Å²) in [6.45, 7) is -0.129. The van der Waals surface area contributed by atoms with E-state index in [-0.39, 0.29) is 30.9 Å². The van der Waals surface area contributed by atoms with Crippen LogP contribution in [0.15, 0.2) is 24.3 Å². The molecule has 0 fully saturated rings. The van der Waals surface area contributed by atoms with Crippen LogP contribution < -0.4 is 0 Å². The number of carbonyl (C=O) groups excluding carboxylic acids is 1. The maximum absolute atomic E-state index is 12.8. The molecule has 0 atom stereocenters. The molecule has 0 saturated carbocycles. The molecule has 1 aromatic rings. The molecule has 0 aliphatic rings. The molecule has 1 rings (SSSR count). The fourth-order valence-corrected chi connectivity index (χ4v) is 1.43. The van der Waals surface area contributed by atoms with Crippen LogP contribution in [0.2, 0.25) is 0 Å². The van der Waals surface area contributed by atoms with Crippen molar-refractivity contribution in [3.8, 4) is 0 Å². The normalized spacial score (nSPS) is 11.2. The number of ketones is 1. The smallest absolute Gasteiger partial charge is 0.251 e. The molecule has 0 heterocycles. The molecule has 5 heteroatoms. The summed E-state index contributed by atoms with van der Waals surface area (Å²) < 4.78 is 36.9. The Bertz CT molecular complexity index is 382. The highest BCUT2D eigenvalue weighted by molar-refractivity contribution is 5.96. The van der Waals surface area contributed by atoms with Crippen molar-refractivity contribution in [1.29, 1.82) is 0 Å². The number of halogens is 3. The zero-order valence-electron chi connectivity index (χ0n) is 9.50. The summed E-state index contributed by atoms with van der Waals surface area (Å²) in [7, 11) is 1.52. The van der Waals surface area contributed by atoms with Crippen LogP contribution in [0.25, 0.3) is 0 Å². The number of carbonyl (C=O) groups is 1. The molecule has 0 aliphatic carbocycles. The van der Waals surface area contributed by atoms with Crippen LogP contribution in [-0.4, -0.2) is 37.2 Å². The predicted molar refractivity (Wildman–Crippen MR) is 58.8 cm³/mol. The van der Waals surface area contributed by atoms with E-state index < -0.39 is 12.2 Å². The monoisotopic (exact) mass is 245 g/mol. The van der Waals surface area contributed by atoms with E-state index in [1.807, 2.05) is 0 Å². The van der Waals surface area contributed by atoms with Crippen molar-refractivity contribution in [3.63, 3.8) is 0 Å². The van der Waals surface area contributed by atoms with Crippen LogP contribution in [0.5, 0.6) is 0 Å². The van der Waals surface area contributed by atoms with Gasteiger partial charge in [-0.3, -0.25) is 4.79 Å². The Morgan fingerprint density at radius 3 is 2.71 bits per heavy atom. The summed E-state index contributed by atoms with van der Waals surface area (Å²) in [5.41, 5.74) is 0.274. The van der Waals surface area contributed by atoms with Gasteiger partial charge < -0.3 is 4.90 Å². The minimum atomic E-state index is -2.41. The fraction of sp³-hybridized carbons (Fsp3) is 0.417. The van der Waals surface area contributed by atoms with Crippen molar-refractivity contribution < 1.29 is 18.0 Å². The van der Waals surface area contributed by atoms with Gasteiger partial charge in [0.2, 0.25) is 0 Å². The lowest BCUT2D eigenvalue weighted by atomic mass is 10.1. The summed E-state index contributed by atoms with van der Waals surface area (Å²) in [6, 6.07) is 5.36. The molecular weight excluding hydrogens is 231 g/mol.